The monoisotopic (exact) mass is 477 g/mol. The molecule has 1 aliphatic rings. The number of ether oxygens (including phenoxy) is 2. The SMILES string of the molecule is COc1ccc2c(-c3ccccc3)c(C(=O)Nc3nc(CN4CC(C)OC(C)C4)cs3)oc2c1. The van der Waals surface area contributed by atoms with Gasteiger partial charge in [-0.1, -0.05) is 30.3 Å². The fourth-order valence-corrected chi connectivity index (χ4v) is 5.19. The molecule has 0 spiro atoms. The van der Waals surface area contributed by atoms with E-state index in [2.05, 4.69) is 29.0 Å². The first-order chi connectivity index (χ1) is 16.5. The van der Waals surface area contributed by atoms with Crippen molar-refractivity contribution in [3.05, 3.63) is 65.4 Å². The van der Waals surface area contributed by atoms with Crippen LogP contribution >= 0.6 is 11.3 Å². The fraction of sp³-hybridized carbons (Fsp3) is 0.308. The van der Waals surface area contributed by atoms with E-state index in [-0.39, 0.29) is 23.9 Å². The number of carbonyl (C=O) groups is 1. The number of nitrogens with zero attached hydrogens (tertiary/aromatic N) is 2. The number of furan rings is 1. The summed E-state index contributed by atoms with van der Waals surface area (Å²) in [5.41, 5.74) is 3.19. The van der Waals surface area contributed by atoms with Gasteiger partial charge in [-0.25, -0.2) is 4.98 Å². The number of carbonyl (C=O) groups excluding carboxylic acids is 1. The average molecular weight is 478 g/mol. The number of hydrogen-bond acceptors (Lipinski definition) is 7. The minimum absolute atomic E-state index is 0.199. The highest BCUT2D eigenvalue weighted by molar-refractivity contribution is 7.14. The van der Waals surface area contributed by atoms with Gasteiger partial charge in [0.25, 0.3) is 5.91 Å². The first kappa shape index (κ1) is 22.6. The van der Waals surface area contributed by atoms with E-state index in [0.29, 0.717) is 16.5 Å². The predicted molar refractivity (Wildman–Crippen MR) is 134 cm³/mol. The molecule has 4 aromatic rings. The highest BCUT2D eigenvalue weighted by Crippen LogP contribution is 2.37. The lowest BCUT2D eigenvalue weighted by Gasteiger charge is -2.34. The van der Waals surface area contributed by atoms with Crippen LogP contribution in [0.25, 0.3) is 22.1 Å². The number of anilines is 1. The normalized spacial score (nSPS) is 18.8. The van der Waals surface area contributed by atoms with Gasteiger partial charge in [-0.15, -0.1) is 11.3 Å². The Balaban J connectivity index is 1.40. The zero-order chi connectivity index (χ0) is 23.7. The predicted octanol–water partition coefficient (Wildman–Crippen LogP) is 5.43. The average Bonchev–Trinajstić information content (AvgIpc) is 3.42. The minimum Gasteiger partial charge on any atom is -0.497 e. The molecular formula is C26H27N3O4S. The van der Waals surface area contributed by atoms with E-state index in [1.165, 1.54) is 11.3 Å². The Kier molecular flexibility index (Phi) is 6.36. The number of aromatic nitrogens is 1. The molecule has 1 aliphatic heterocycles. The number of morpholine rings is 1. The second-order valence-electron chi connectivity index (χ2n) is 8.58. The lowest BCUT2D eigenvalue weighted by molar-refractivity contribution is -0.0707. The van der Waals surface area contributed by atoms with Gasteiger partial charge in [-0.3, -0.25) is 15.0 Å². The lowest BCUT2D eigenvalue weighted by atomic mass is 10.0. The Hall–Kier alpha value is -3.20. The van der Waals surface area contributed by atoms with Crippen molar-refractivity contribution in [3.8, 4) is 16.9 Å². The van der Waals surface area contributed by atoms with Crippen molar-refractivity contribution in [2.45, 2.75) is 32.6 Å². The Morgan fingerprint density at radius 1 is 1.18 bits per heavy atom. The van der Waals surface area contributed by atoms with E-state index in [9.17, 15) is 4.79 Å². The summed E-state index contributed by atoms with van der Waals surface area (Å²) in [7, 11) is 1.61. The van der Waals surface area contributed by atoms with E-state index < -0.39 is 0 Å². The van der Waals surface area contributed by atoms with Crippen molar-refractivity contribution in [1.29, 1.82) is 0 Å². The molecule has 1 saturated heterocycles. The van der Waals surface area contributed by atoms with Gasteiger partial charge in [0.2, 0.25) is 5.76 Å². The van der Waals surface area contributed by atoms with E-state index >= 15 is 0 Å². The third kappa shape index (κ3) is 4.70. The summed E-state index contributed by atoms with van der Waals surface area (Å²) < 4.78 is 17.2. The van der Waals surface area contributed by atoms with E-state index in [1.807, 2.05) is 47.8 Å². The number of benzene rings is 2. The van der Waals surface area contributed by atoms with Crippen molar-refractivity contribution in [1.82, 2.24) is 9.88 Å². The molecule has 1 fully saturated rings. The second-order valence-corrected chi connectivity index (χ2v) is 9.44. The molecule has 3 heterocycles. The summed E-state index contributed by atoms with van der Waals surface area (Å²) in [5, 5.41) is 6.32. The number of hydrogen-bond donors (Lipinski definition) is 1. The van der Waals surface area contributed by atoms with Gasteiger partial charge in [0.15, 0.2) is 5.13 Å². The number of methoxy groups -OCH3 is 1. The summed E-state index contributed by atoms with van der Waals surface area (Å²) in [4.78, 5) is 20.3. The second kappa shape index (κ2) is 9.58. The molecule has 2 aromatic heterocycles. The molecule has 1 amide bonds. The summed E-state index contributed by atoms with van der Waals surface area (Å²) in [6.45, 7) is 6.63. The fourth-order valence-electron chi connectivity index (χ4n) is 4.49. The van der Waals surface area contributed by atoms with E-state index in [1.54, 1.807) is 13.2 Å². The molecule has 2 unspecified atom stereocenters. The van der Waals surface area contributed by atoms with Gasteiger partial charge in [0.05, 0.1) is 25.0 Å². The maximum atomic E-state index is 13.3. The summed E-state index contributed by atoms with van der Waals surface area (Å²) in [6.07, 6.45) is 0.398. The van der Waals surface area contributed by atoms with E-state index in [0.717, 1.165) is 41.8 Å². The molecule has 0 radical (unpaired) electrons. The van der Waals surface area contributed by atoms with Crippen molar-refractivity contribution < 1.29 is 18.7 Å². The number of fused-ring (bicyclic) bond motifs is 1. The molecule has 176 valence electrons. The summed E-state index contributed by atoms with van der Waals surface area (Å²) in [5.74, 6) is 0.592. The molecule has 0 saturated carbocycles. The third-order valence-electron chi connectivity index (χ3n) is 5.82. The van der Waals surface area contributed by atoms with Crippen LogP contribution in [0.1, 0.15) is 30.1 Å². The van der Waals surface area contributed by atoms with Crippen LogP contribution in [0.3, 0.4) is 0 Å². The summed E-state index contributed by atoms with van der Waals surface area (Å²) >= 11 is 1.41. The van der Waals surface area contributed by atoms with Crippen LogP contribution in [-0.2, 0) is 11.3 Å². The van der Waals surface area contributed by atoms with Crippen molar-refractivity contribution >= 4 is 33.3 Å². The van der Waals surface area contributed by atoms with E-state index in [4.69, 9.17) is 13.9 Å². The van der Waals surface area contributed by atoms with Crippen molar-refractivity contribution in [2.75, 3.05) is 25.5 Å². The van der Waals surface area contributed by atoms with Crippen LogP contribution in [0.15, 0.2) is 58.3 Å². The molecule has 7 nitrogen and oxygen atoms in total. The molecular weight excluding hydrogens is 450 g/mol. The standard InChI is InChI=1S/C26H27N3O4S/c1-16-12-29(13-17(2)32-16)14-19-15-34-26(27-19)28-25(30)24-23(18-7-5-4-6-8-18)21-10-9-20(31-3)11-22(21)33-24/h4-11,15-17H,12-14H2,1-3H3,(H,27,28,30). The Bertz CT molecular complexity index is 1290. The van der Waals surface area contributed by atoms with Crippen LogP contribution in [0, 0.1) is 0 Å². The highest BCUT2D eigenvalue weighted by Gasteiger charge is 2.25. The van der Waals surface area contributed by atoms with Crippen LogP contribution in [0.2, 0.25) is 0 Å². The maximum Gasteiger partial charge on any atom is 0.293 e. The van der Waals surface area contributed by atoms with Crippen molar-refractivity contribution in [2.24, 2.45) is 0 Å². The van der Waals surface area contributed by atoms with Gasteiger partial charge in [-0.05, 0) is 31.5 Å². The molecule has 0 aliphatic carbocycles. The first-order valence-electron chi connectivity index (χ1n) is 11.3. The Labute approximate surface area is 202 Å². The zero-order valence-corrected chi connectivity index (χ0v) is 20.2. The molecule has 1 N–H and O–H groups in total. The largest absolute Gasteiger partial charge is 0.497 e. The van der Waals surface area contributed by atoms with Crippen molar-refractivity contribution in [3.63, 3.8) is 0 Å². The smallest absolute Gasteiger partial charge is 0.293 e. The number of nitrogens with one attached hydrogen (secondary N) is 1. The van der Waals surface area contributed by atoms with Gasteiger partial charge in [0.1, 0.15) is 11.3 Å². The van der Waals surface area contributed by atoms with Crippen LogP contribution in [0.5, 0.6) is 5.75 Å². The van der Waals surface area contributed by atoms with Crippen LogP contribution in [0.4, 0.5) is 5.13 Å². The third-order valence-corrected chi connectivity index (χ3v) is 6.63. The topological polar surface area (TPSA) is 76.8 Å². The lowest BCUT2D eigenvalue weighted by Crippen LogP contribution is -2.44. The quantitative estimate of drug-likeness (QED) is 0.399. The first-order valence-corrected chi connectivity index (χ1v) is 12.2. The van der Waals surface area contributed by atoms with Gasteiger partial charge >= 0.3 is 0 Å². The minimum atomic E-state index is -0.330. The molecule has 2 atom stereocenters. The zero-order valence-electron chi connectivity index (χ0n) is 19.4. The molecule has 5 rings (SSSR count). The van der Waals surface area contributed by atoms with Gasteiger partial charge in [-0.2, -0.15) is 0 Å². The van der Waals surface area contributed by atoms with Gasteiger partial charge < -0.3 is 13.9 Å². The molecule has 8 heteroatoms. The molecule has 0 bridgehead atoms. The number of thiazole rings is 1. The Morgan fingerprint density at radius 2 is 1.94 bits per heavy atom. The van der Waals surface area contributed by atoms with Crippen LogP contribution < -0.4 is 10.1 Å². The van der Waals surface area contributed by atoms with Gasteiger partial charge in [0, 0.05) is 42.0 Å². The number of amides is 1. The highest BCUT2D eigenvalue weighted by atomic mass is 32.1. The van der Waals surface area contributed by atoms with Crippen LogP contribution in [-0.4, -0.2) is 48.2 Å². The summed E-state index contributed by atoms with van der Waals surface area (Å²) in [6, 6.07) is 15.4. The Morgan fingerprint density at radius 3 is 2.68 bits per heavy atom. The number of rotatable bonds is 6. The molecule has 2 aromatic carbocycles. The maximum absolute atomic E-state index is 13.3. The molecule has 34 heavy (non-hydrogen) atoms.